The summed E-state index contributed by atoms with van der Waals surface area (Å²) >= 11 is 12.0. The molecule has 0 amide bonds. The van der Waals surface area contributed by atoms with E-state index in [9.17, 15) is 0 Å². The number of hydrogen-bond acceptors (Lipinski definition) is 2. The molecule has 0 saturated heterocycles. The molecule has 0 saturated carbocycles. The SMILES string of the molecule is COc1cc(C)cc(C)c1C(N)c1ccc(Cl)c(Cl)c1. The molecule has 106 valence electrons. The van der Waals surface area contributed by atoms with Gasteiger partial charge in [0.05, 0.1) is 23.2 Å². The first kappa shape index (κ1) is 15.2. The normalized spacial score (nSPS) is 12.3. The van der Waals surface area contributed by atoms with Crippen LogP contribution in [0.5, 0.6) is 5.75 Å². The lowest BCUT2D eigenvalue weighted by molar-refractivity contribution is 0.407. The van der Waals surface area contributed by atoms with Crippen LogP contribution in [-0.2, 0) is 0 Å². The molecule has 2 aromatic rings. The number of hydrogen-bond donors (Lipinski definition) is 1. The van der Waals surface area contributed by atoms with E-state index in [-0.39, 0.29) is 6.04 Å². The third-order valence-electron chi connectivity index (χ3n) is 3.33. The highest BCUT2D eigenvalue weighted by Crippen LogP contribution is 2.34. The average molecular weight is 310 g/mol. The Morgan fingerprint density at radius 2 is 1.75 bits per heavy atom. The molecule has 0 fully saturated rings. The van der Waals surface area contributed by atoms with Crippen molar-refractivity contribution in [2.75, 3.05) is 7.11 Å². The second kappa shape index (κ2) is 6.04. The van der Waals surface area contributed by atoms with E-state index in [4.69, 9.17) is 33.7 Å². The summed E-state index contributed by atoms with van der Waals surface area (Å²) in [5, 5.41) is 1.03. The Morgan fingerprint density at radius 3 is 2.35 bits per heavy atom. The molecule has 20 heavy (non-hydrogen) atoms. The molecule has 0 aliphatic carbocycles. The zero-order valence-corrected chi connectivity index (χ0v) is 13.2. The van der Waals surface area contributed by atoms with Gasteiger partial charge in [0.2, 0.25) is 0 Å². The van der Waals surface area contributed by atoms with Crippen molar-refractivity contribution in [1.82, 2.24) is 0 Å². The highest BCUT2D eigenvalue weighted by atomic mass is 35.5. The summed E-state index contributed by atoms with van der Waals surface area (Å²) in [5.74, 6) is 0.793. The van der Waals surface area contributed by atoms with Gasteiger partial charge in [-0.1, -0.05) is 35.3 Å². The van der Waals surface area contributed by atoms with Gasteiger partial charge in [0, 0.05) is 5.56 Å². The number of halogens is 2. The zero-order chi connectivity index (χ0) is 14.9. The van der Waals surface area contributed by atoms with E-state index in [1.54, 1.807) is 19.2 Å². The molecule has 0 aliphatic rings. The summed E-state index contributed by atoms with van der Waals surface area (Å²) in [6.45, 7) is 4.06. The van der Waals surface area contributed by atoms with Gasteiger partial charge in [-0.3, -0.25) is 0 Å². The maximum absolute atomic E-state index is 6.38. The number of benzene rings is 2. The number of aryl methyl sites for hydroxylation is 2. The number of rotatable bonds is 3. The van der Waals surface area contributed by atoms with E-state index in [0.29, 0.717) is 10.0 Å². The largest absolute Gasteiger partial charge is 0.496 e. The molecule has 1 atom stereocenters. The Bertz CT molecular complexity index is 641. The first-order valence-corrected chi connectivity index (χ1v) is 7.05. The minimum atomic E-state index is -0.305. The van der Waals surface area contributed by atoms with Crippen LogP contribution < -0.4 is 10.5 Å². The summed E-state index contributed by atoms with van der Waals surface area (Å²) < 4.78 is 5.46. The Hall–Kier alpha value is -1.22. The van der Waals surface area contributed by atoms with E-state index in [0.717, 1.165) is 28.0 Å². The molecule has 0 aromatic heterocycles. The van der Waals surface area contributed by atoms with Gasteiger partial charge in [-0.2, -0.15) is 0 Å². The third-order valence-corrected chi connectivity index (χ3v) is 4.07. The molecule has 0 spiro atoms. The van der Waals surface area contributed by atoms with E-state index < -0.39 is 0 Å². The van der Waals surface area contributed by atoms with Crippen LogP contribution in [0, 0.1) is 13.8 Å². The van der Waals surface area contributed by atoms with E-state index in [1.165, 1.54) is 0 Å². The topological polar surface area (TPSA) is 35.2 Å². The predicted octanol–water partition coefficient (Wildman–Crippen LogP) is 4.67. The summed E-state index contributed by atoms with van der Waals surface area (Å²) in [6.07, 6.45) is 0. The van der Waals surface area contributed by atoms with Crippen LogP contribution in [0.25, 0.3) is 0 Å². The number of nitrogens with two attached hydrogens (primary N) is 1. The smallest absolute Gasteiger partial charge is 0.124 e. The van der Waals surface area contributed by atoms with Crippen molar-refractivity contribution < 1.29 is 4.74 Å². The fourth-order valence-corrected chi connectivity index (χ4v) is 2.69. The quantitative estimate of drug-likeness (QED) is 0.894. The van der Waals surface area contributed by atoms with Gasteiger partial charge in [-0.15, -0.1) is 0 Å². The summed E-state index contributed by atoms with van der Waals surface area (Å²) in [7, 11) is 1.65. The molecule has 1 unspecified atom stereocenters. The van der Waals surface area contributed by atoms with Crippen LogP contribution >= 0.6 is 23.2 Å². The second-order valence-electron chi connectivity index (χ2n) is 4.85. The van der Waals surface area contributed by atoms with Crippen molar-refractivity contribution in [3.05, 3.63) is 62.6 Å². The monoisotopic (exact) mass is 309 g/mol. The fourth-order valence-electron chi connectivity index (χ4n) is 2.38. The molecule has 2 aromatic carbocycles. The van der Waals surface area contributed by atoms with E-state index >= 15 is 0 Å². The first-order chi connectivity index (χ1) is 9.43. The van der Waals surface area contributed by atoms with E-state index in [2.05, 4.69) is 6.07 Å². The van der Waals surface area contributed by atoms with Crippen LogP contribution in [0.3, 0.4) is 0 Å². The molecule has 0 aliphatic heterocycles. The van der Waals surface area contributed by atoms with Gasteiger partial charge in [0.25, 0.3) is 0 Å². The van der Waals surface area contributed by atoms with Crippen molar-refractivity contribution >= 4 is 23.2 Å². The summed E-state index contributed by atoms with van der Waals surface area (Å²) in [4.78, 5) is 0. The minimum absolute atomic E-state index is 0.305. The molecule has 2 N–H and O–H groups in total. The van der Waals surface area contributed by atoms with Crippen LogP contribution in [0.1, 0.15) is 28.3 Å². The lowest BCUT2D eigenvalue weighted by Crippen LogP contribution is -2.15. The van der Waals surface area contributed by atoms with Crippen molar-refractivity contribution in [3.63, 3.8) is 0 Å². The Labute approximate surface area is 129 Å². The highest BCUT2D eigenvalue weighted by molar-refractivity contribution is 6.42. The standard InChI is InChI=1S/C16H17Cl2NO/c1-9-6-10(2)15(14(7-9)20-3)16(19)11-4-5-12(17)13(18)8-11/h4-8,16H,19H2,1-3H3. The zero-order valence-electron chi connectivity index (χ0n) is 11.7. The van der Waals surface area contributed by atoms with Gasteiger partial charge in [-0.25, -0.2) is 0 Å². The van der Waals surface area contributed by atoms with Gasteiger partial charge in [0.15, 0.2) is 0 Å². The molecule has 0 radical (unpaired) electrons. The van der Waals surface area contributed by atoms with Crippen LogP contribution in [-0.4, -0.2) is 7.11 Å². The summed E-state index contributed by atoms with van der Waals surface area (Å²) in [6, 6.07) is 9.22. The van der Waals surface area contributed by atoms with Gasteiger partial charge in [0.1, 0.15) is 5.75 Å². The molecule has 2 rings (SSSR count). The Morgan fingerprint density at radius 1 is 1.05 bits per heavy atom. The van der Waals surface area contributed by atoms with Crippen molar-refractivity contribution in [2.45, 2.75) is 19.9 Å². The van der Waals surface area contributed by atoms with E-state index in [1.807, 2.05) is 26.0 Å². The lowest BCUT2D eigenvalue weighted by atomic mass is 9.93. The molecule has 0 bridgehead atoms. The second-order valence-corrected chi connectivity index (χ2v) is 5.66. The molecular weight excluding hydrogens is 293 g/mol. The van der Waals surface area contributed by atoms with Crippen molar-refractivity contribution in [3.8, 4) is 5.75 Å². The summed E-state index contributed by atoms with van der Waals surface area (Å²) in [5.41, 5.74) is 10.5. The third kappa shape index (κ3) is 2.93. The maximum Gasteiger partial charge on any atom is 0.124 e. The van der Waals surface area contributed by atoms with Gasteiger partial charge < -0.3 is 10.5 Å². The van der Waals surface area contributed by atoms with Crippen LogP contribution in [0.15, 0.2) is 30.3 Å². The van der Waals surface area contributed by atoms with Crippen molar-refractivity contribution in [1.29, 1.82) is 0 Å². The maximum atomic E-state index is 6.38. The molecular formula is C16H17Cl2NO. The average Bonchev–Trinajstić information content (AvgIpc) is 2.40. The molecule has 4 heteroatoms. The fraction of sp³-hybridized carbons (Fsp3) is 0.250. The van der Waals surface area contributed by atoms with Crippen molar-refractivity contribution in [2.24, 2.45) is 5.73 Å². The minimum Gasteiger partial charge on any atom is -0.496 e. The Kier molecular flexibility index (Phi) is 4.59. The first-order valence-electron chi connectivity index (χ1n) is 6.29. The number of methoxy groups -OCH3 is 1. The van der Waals surface area contributed by atoms with Crippen LogP contribution in [0.4, 0.5) is 0 Å². The van der Waals surface area contributed by atoms with Gasteiger partial charge >= 0.3 is 0 Å². The molecule has 2 nitrogen and oxygen atoms in total. The Balaban J connectivity index is 2.52. The predicted molar refractivity (Wildman–Crippen MR) is 85.0 cm³/mol. The molecule has 0 heterocycles. The van der Waals surface area contributed by atoms with Gasteiger partial charge in [-0.05, 0) is 48.7 Å². The lowest BCUT2D eigenvalue weighted by Gasteiger charge is -2.20. The number of ether oxygens (including phenoxy) is 1. The van der Waals surface area contributed by atoms with Crippen LogP contribution in [0.2, 0.25) is 10.0 Å². The highest BCUT2D eigenvalue weighted by Gasteiger charge is 2.18.